The first-order chi connectivity index (χ1) is 11.2. The molecule has 0 saturated carbocycles. The highest BCUT2D eigenvalue weighted by Crippen LogP contribution is 2.29. The van der Waals surface area contributed by atoms with Gasteiger partial charge in [-0.05, 0) is 49.4 Å². The van der Waals surface area contributed by atoms with Gasteiger partial charge in [0, 0.05) is 18.7 Å². The average molecular weight is 304 g/mol. The molecule has 0 N–H and O–H groups in total. The Balaban J connectivity index is 1.77. The molecule has 0 amide bonds. The van der Waals surface area contributed by atoms with Gasteiger partial charge in [0.2, 0.25) is 0 Å². The maximum atomic E-state index is 11.6. The molecular formula is C20H20N2O. The van der Waals surface area contributed by atoms with Crippen molar-refractivity contribution < 1.29 is 4.79 Å². The maximum absolute atomic E-state index is 11.6. The fourth-order valence-electron chi connectivity index (χ4n) is 3.27. The second-order valence-electron chi connectivity index (χ2n) is 6.19. The quantitative estimate of drug-likeness (QED) is 0.806. The lowest BCUT2D eigenvalue weighted by Crippen LogP contribution is -2.21. The van der Waals surface area contributed by atoms with E-state index in [0.29, 0.717) is 17.0 Å². The van der Waals surface area contributed by atoms with E-state index in [2.05, 4.69) is 35.2 Å². The van der Waals surface area contributed by atoms with Gasteiger partial charge in [0.1, 0.15) is 6.07 Å². The van der Waals surface area contributed by atoms with Crippen LogP contribution >= 0.6 is 0 Å². The molecule has 1 fully saturated rings. The average Bonchev–Trinajstić information content (AvgIpc) is 3.03. The van der Waals surface area contributed by atoms with Crippen LogP contribution < -0.4 is 4.90 Å². The van der Waals surface area contributed by atoms with E-state index in [0.717, 1.165) is 31.6 Å². The Morgan fingerprint density at radius 2 is 2.04 bits per heavy atom. The number of Topliss-reactive ketones (excluding diaryl/α,β-unsaturated/α-hetero) is 1. The minimum Gasteiger partial charge on any atom is -0.370 e. The summed E-state index contributed by atoms with van der Waals surface area (Å²) in [4.78, 5) is 13.9. The lowest BCUT2D eigenvalue weighted by atomic mass is 9.99. The van der Waals surface area contributed by atoms with E-state index in [4.69, 9.17) is 0 Å². The Kier molecular flexibility index (Phi) is 4.43. The number of anilines is 1. The number of rotatable bonds is 4. The van der Waals surface area contributed by atoms with E-state index in [1.165, 1.54) is 5.56 Å². The molecule has 1 aliphatic heterocycles. The van der Waals surface area contributed by atoms with E-state index in [1.54, 1.807) is 19.1 Å². The minimum absolute atomic E-state index is 0.0378. The third-order valence-corrected chi connectivity index (χ3v) is 4.52. The van der Waals surface area contributed by atoms with Crippen LogP contribution in [-0.2, 0) is 6.42 Å². The summed E-state index contributed by atoms with van der Waals surface area (Å²) >= 11 is 0. The van der Waals surface area contributed by atoms with Crippen molar-refractivity contribution in [1.29, 1.82) is 5.26 Å². The van der Waals surface area contributed by atoms with Gasteiger partial charge in [0.25, 0.3) is 0 Å². The third kappa shape index (κ3) is 3.43. The van der Waals surface area contributed by atoms with Gasteiger partial charge in [-0.2, -0.15) is 5.26 Å². The highest BCUT2D eigenvalue weighted by molar-refractivity contribution is 5.95. The van der Waals surface area contributed by atoms with E-state index in [9.17, 15) is 10.1 Å². The molecule has 0 aromatic heterocycles. The topological polar surface area (TPSA) is 44.1 Å². The van der Waals surface area contributed by atoms with Crippen molar-refractivity contribution in [3.8, 4) is 6.07 Å². The van der Waals surface area contributed by atoms with Crippen LogP contribution in [0, 0.1) is 17.2 Å². The van der Waals surface area contributed by atoms with E-state index in [1.807, 2.05) is 12.1 Å². The van der Waals surface area contributed by atoms with Crippen LogP contribution in [0.1, 0.15) is 34.8 Å². The number of benzene rings is 2. The molecule has 116 valence electrons. The van der Waals surface area contributed by atoms with Gasteiger partial charge in [0.05, 0.1) is 11.3 Å². The molecule has 3 rings (SSSR count). The Morgan fingerprint density at radius 3 is 2.74 bits per heavy atom. The van der Waals surface area contributed by atoms with Crippen molar-refractivity contribution in [3.05, 3.63) is 65.2 Å². The fourth-order valence-corrected chi connectivity index (χ4v) is 3.27. The second kappa shape index (κ2) is 6.66. The Labute approximate surface area is 137 Å². The van der Waals surface area contributed by atoms with Gasteiger partial charge in [0.15, 0.2) is 5.78 Å². The molecule has 1 atom stereocenters. The van der Waals surface area contributed by atoms with Gasteiger partial charge in [-0.3, -0.25) is 4.79 Å². The van der Waals surface area contributed by atoms with Crippen molar-refractivity contribution in [2.24, 2.45) is 5.92 Å². The van der Waals surface area contributed by atoms with Gasteiger partial charge < -0.3 is 4.90 Å². The number of nitriles is 1. The molecular weight excluding hydrogens is 284 g/mol. The zero-order chi connectivity index (χ0) is 16.2. The summed E-state index contributed by atoms with van der Waals surface area (Å²) in [5, 5.41) is 9.35. The minimum atomic E-state index is 0.0378. The summed E-state index contributed by atoms with van der Waals surface area (Å²) in [5.41, 5.74) is 3.58. The first-order valence-electron chi connectivity index (χ1n) is 8.01. The summed E-state index contributed by atoms with van der Waals surface area (Å²) in [6.07, 6.45) is 2.18. The second-order valence-corrected chi connectivity index (χ2v) is 6.19. The molecule has 0 aliphatic carbocycles. The Bertz CT molecular complexity index is 746. The Morgan fingerprint density at radius 1 is 1.26 bits per heavy atom. The summed E-state index contributed by atoms with van der Waals surface area (Å²) in [6, 6.07) is 18.1. The van der Waals surface area contributed by atoms with Gasteiger partial charge in [-0.25, -0.2) is 0 Å². The van der Waals surface area contributed by atoms with Crippen LogP contribution in [0.5, 0.6) is 0 Å². The third-order valence-electron chi connectivity index (χ3n) is 4.52. The van der Waals surface area contributed by atoms with Crippen LogP contribution in [0.4, 0.5) is 5.69 Å². The SMILES string of the molecule is CC(=O)c1ccc(C#N)c(N2CCC(Cc3ccccc3)C2)c1. The fraction of sp³-hybridized carbons (Fsp3) is 0.300. The first kappa shape index (κ1) is 15.3. The molecule has 1 heterocycles. The molecule has 1 saturated heterocycles. The molecule has 0 spiro atoms. The zero-order valence-corrected chi connectivity index (χ0v) is 13.3. The van der Waals surface area contributed by atoms with Gasteiger partial charge >= 0.3 is 0 Å². The number of hydrogen-bond donors (Lipinski definition) is 0. The molecule has 23 heavy (non-hydrogen) atoms. The molecule has 1 unspecified atom stereocenters. The number of nitrogens with zero attached hydrogens (tertiary/aromatic N) is 2. The van der Waals surface area contributed by atoms with Crippen LogP contribution in [-0.4, -0.2) is 18.9 Å². The van der Waals surface area contributed by atoms with Crippen LogP contribution in [0.25, 0.3) is 0 Å². The Hall–Kier alpha value is -2.60. The standard InChI is InChI=1S/C20H20N2O/c1-15(23)18-7-8-19(13-21)20(12-18)22-10-9-17(14-22)11-16-5-3-2-4-6-16/h2-8,12,17H,9-11,14H2,1H3. The lowest BCUT2D eigenvalue weighted by Gasteiger charge is -2.20. The van der Waals surface area contributed by atoms with Gasteiger partial charge in [-0.15, -0.1) is 0 Å². The van der Waals surface area contributed by atoms with E-state index < -0.39 is 0 Å². The van der Waals surface area contributed by atoms with E-state index >= 15 is 0 Å². The van der Waals surface area contributed by atoms with Crippen LogP contribution in [0.3, 0.4) is 0 Å². The molecule has 3 heteroatoms. The van der Waals surface area contributed by atoms with E-state index in [-0.39, 0.29) is 5.78 Å². The summed E-state index contributed by atoms with van der Waals surface area (Å²) in [7, 11) is 0. The molecule has 2 aromatic carbocycles. The van der Waals surface area contributed by atoms with Crippen molar-refractivity contribution in [3.63, 3.8) is 0 Å². The zero-order valence-electron chi connectivity index (χ0n) is 13.3. The summed E-state index contributed by atoms with van der Waals surface area (Å²) in [5.74, 6) is 0.626. The highest BCUT2D eigenvalue weighted by atomic mass is 16.1. The van der Waals surface area contributed by atoms with Crippen molar-refractivity contribution in [2.75, 3.05) is 18.0 Å². The van der Waals surface area contributed by atoms with Crippen molar-refractivity contribution in [1.82, 2.24) is 0 Å². The smallest absolute Gasteiger partial charge is 0.159 e. The maximum Gasteiger partial charge on any atom is 0.159 e. The largest absolute Gasteiger partial charge is 0.370 e. The molecule has 3 nitrogen and oxygen atoms in total. The van der Waals surface area contributed by atoms with Crippen LogP contribution in [0.15, 0.2) is 48.5 Å². The number of carbonyl (C=O) groups excluding carboxylic acids is 1. The van der Waals surface area contributed by atoms with Crippen molar-refractivity contribution >= 4 is 11.5 Å². The predicted octanol–water partition coefficient (Wildman–Crippen LogP) is 3.83. The first-order valence-corrected chi connectivity index (χ1v) is 8.01. The molecule has 2 aromatic rings. The number of ketones is 1. The van der Waals surface area contributed by atoms with Crippen molar-refractivity contribution in [2.45, 2.75) is 19.8 Å². The predicted molar refractivity (Wildman–Crippen MR) is 91.6 cm³/mol. The molecule has 0 bridgehead atoms. The summed E-state index contributed by atoms with van der Waals surface area (Å²) in [6.45, 7) is 3.44. The monoisotopic (exact) mass is 304 g/mol. The normalized spacial score (nSPS) is 17.0. The molecule has 1 aliphatic rings. The number of hydrogen-bond acceptors (Lipinski definition) is 3. The summed E-state index contributed by atoms with van der Waals surface area (Å²) < 4.78 is 0. The lowest BCUT2D eigenvalue weighted by molar-refractivity contribution is 0.101. The van der Waals surface area contributed by atoms with Gasteiger partial charge in [-0.1, -0.05) is 30.3 Å². The highest BCUT2D eigenvalue weighted by Gasteiger charge is 2.25. The van der Waals surface area contributed by atoms with Crippen LogP contribution in [0.2, 0.25) is 0 Å². The molecule has 0 radical (unpaired) electrons. The number of carbonyl (C=O) groups is 1.